The monoisotopic (exact) mass is 281 g/mol. The maximum absolute atomic E-state index is 5.30. The van der Waals surface area contributed by atoms with Gasteiger partial charge in [-0.3, -0.25) is 0 Å². The average Bonchev–Trinajstić information content (AvgIpc) is 2.45. The van der Waals surface area contributed by atoms with Gasteiger partial charge < -0.3 is 4.74 Å². The van der Waals surface area contributed by atoms with Crippen LogP contribution in [0, 0.1) is 3.83 Å². The maximum Gasteiger partial charge on any atom is 0.211 e. The van der Waals surface area contributed by atoms with E-state index in [9.17, 15) is 0 Å². The van der Waals surface area contributed by atoms with Crippen molar-refractivity contribution in [3.8, 4) is 0 Å². The van der Waals surface area contributed by atoms with E-state index in [2.05, 4.69) is 39.6 Å². The Labute approximate surface area is 85.5 Å². The van der Waals surface area contributed by atoms with Crippen molar-refractivity contribution in [2.45, 2.75) is 19.9 Å². The highest BCUT2D eigenvalue weighted by Crippen LogP contribution is 1.93. The highest BCUT2D eigenvalue weighted by molar-refractivity contribution is 14.1. The summed E-state index contributed by atoms with van der Waals surface area (Å²) < 4.78 is 7.87. The number of rotatable bonds is 5. The predicted octanol–water partition coefficient (Wildman–Crippen LogP) is 1.31. The SMILES string of the molecule is CCCOCCn1cnc(I)n1. The number of halogens is 1. The zero-order chi connectivity index (χ0) is 8.81. The average molecular weight is 281 g/mol. The summed E-state index contributed by atoms with van der Waals surface area (Å²) in [7, 11) is 0. The summed E-state index contributed by atoms with van der Waals surface area (Å²) in [6.45, 7) is 4.42. The fraction of sp³-hybridized carbons (Fsp3) is 0.714. The summed E-state index contributed by atoms with van der Waals surface area (Å²) in [6.07, 6.45) is 2.78. The molecule has 1 heterocycles. The van der Waals surface area contributed by atoms with Crippen LogP contribution < -0.4 is 0 Å². The number of ether oxygens (including phenoxy) is 1. The lowest BCUT2D eigenvalue weighted by Gasteiger charge is -2.00. The number of nitrogens with zero attached hydrogens (tertiary/aromatic N) is 3. The highest BCUT2D eigenvalue weighted by atomic mass is 127. The van der Waals surface area contributed by atoms with E-state index < -0.39 is 0 Å². The van der Waals surface area contributed by atoms with Gasteiger partial charge >= 0.3 is 0 Å². The van der Waals surface area contributed by atoms with Crippen LogP contribution in [0.4, 0.5) is 0 Å². The lowest BCUT2D eigenvalue weighted by Crippen LogP contribution is -2.06. The Bertz CT molecular complexity index is 226. The molecular weight excluding hydrogens is 269 g/mol. The molecule has 0 aliphatic rings. The second-order valence-corrected chi connectivity index (χ2v) is 3.35. The fourth-order valence-electron chi connectivity index (χ4n) is 0.784. The van der Waals surface area contributed by atoms with E-state index in [4.69, 9.17) is 4.74 Å². The van der Waals surface area contributed by atoms with Gasteiger partial charge in [0.15, 0.2) is 0 Å². The van der Waals surface area contributed by atoms with Gasteiger partial charge in [-0.05, 0) is 6.42 Å². The Morgan fingerprint density at radius 1 is 1.58 bits per heavy atom. The van der Waals surface area contributed by atoms with E-state index in [-0.39, 0.29) is 0 Å². The van der Waals surface area contributed by atoms with Crippen LogP contribution in [0.1, 0.15) is 13.3 Å². The Morgan fingerprint density at radius 3 is 3.00 bits per heavy atom. The van der Waals surface area contributed by atoms with Crippen LogP contribution in [0.2, 0.25) is 0 Å². The molecule has 0 amide bonds. The van der Waals surface area contributed by atoms with Crippen LogP contribution in [0.5, 0.6) is 0 Å². The quantitative estimate of drug-likeness (QED) is 0.603. The van der Waals surface area contributed by atoms with Gasteiger partial charge in [-0.25, -0.2) is 9.67 Å². The molecule has 5 heteroatoms. The molecular formula is C7H12IN3O. The number of aromatic nitrogens is 3. The third-order valence-corrected chi connectivity index (χ3v) is 1.82. The first kappa shape index (κ1) is 9.91. The molecule has 0 fully saturated rings. The molecule has 0 bridgehead atoms. The Balaban J connectivity index is 2.15. The van der Waals surface area contributed by atoms with Crippen molar-refractivity contribution < 1.29 is 4.74 Å². The van der Waals surface area contributed by atoms with Gasteiger partial charge in [0, 0.05) is 29.2 Å². The van der Waals surface area contributed by atoms with Crippen molar-refractivity contribution in [2.75, 3.05) is 13.2 Å². The molecule has 68 valence electrons. The van der Waals surface area contributed by atoms with Gasteiger partial charge in [0.05, 0.1) is 13.2 Å². The normalized spacial score (nSPS) is 10.5. The lowest BCUT2D eigenvalue weighted by molar-refractivity contribution is 0.124. The number of hydrogen-bond acceptors (Lipinski definition) is 3. The molecule has 0 unspecified atom stereocenters. The molecule has 0 saturated heterocycles. The molecule has 0 aliphatic heterocycles. The zero-order valence-corrected chi connectivity index (χ0v) is 9.19. The minimum Gasteiger partial charge on any atom is -0.380 e. The summed E-state index contributed by atoms with van der Waals surface area (Å²) >= 11 is 2.09. The topological polar surface area (TPSA) is 39.9 Å². The predicted molar refractivity (Wildman–Crippen MR) is 53.8 cm³/mol. The lowest BCUT2D eigenvalue weighted by atomic mass is 10.5. The first-order valence-electron chi connectivity index (χ1n) is 3.95. The van der Waals surface area contributed by atoms with Crippen molar-refractivity contribution in [3.63, 3.8) is 0 Å². The molecule has 0 atom stereocenters. The van der Waals surface area contributed by atoms with Crippen LogP contribution in [0.3, 0.4) is 0 Å². The molecule has 4 nitrogen and oxygen atoms in total. The summed E-state index contributed by atoms with van der Waals surface area (Å²) in [5.41, 5.74) is 0. The number of hydrogen-bond donors (Lipinski definition) is 0. The van der Waals surface area contributed by atoms with Crippen LogP contribution in [0.25, 0.3) is 0 Å². The minimum absolute atomic E-state index is 0.716. The molecule has 0 N–H and O–H groups in total. The Kier molecular flexibility index (Phi) is 4.52. The molecule has 0 aromatic carbocycles. The molecule has 12 heavy (non-hydrogen) atoms. The fourth-order valence-corrected chi connectivity index (χ4v) is 1.19. The summed E-state index contributed by atoms with van der Waals surface area (Å²) in [5, 5.41) is 4.12. The molecule has 1 rings (SSSR count). The van der Waals surface area contributed by atoms with Gasteiger partial charge in [-0.1, -0.05) is 6.92 Å². The standard InChI is InChI=1S/C7H12IN3O/c1-2-4-12-5-3-11-6-9-7(8)10-11/h6H,2-5H2,1H3. The van der Waals surface area contributed by atoms with Gasteiger partial charge in [0.25, 0.3) is 0 Å². The van der Waals surface area contributed by atoms with Crippen molar-refractivity contribution in [1.29, 1.82) is 0 Å². The van der Waals surface area contributed by atoms with Crippen molar-refractivity contribution in [3.05, 3.63) is 10.2 Å². The first-order chi connectivity index (χ1) is 5.83. The maximum atomic E-state index is 5.30. The van der Waals surface area contributed by atoms with Crippen LogP contribution in [0.15, 0.2) is 6.33 Å². The molecule has 1 aromatic heterocycles. The van der Waals surface area contributed by atoms with Crippen LogP contribution in [-0.4, -0.2) is 28.0 Å². The summed E-state index contributed by atoms with van der Waals surface area (Å²) in [6, 6.07) is 0. The van der Waals surface area contributed by atoms with Gasteiger partial charge in [0.1, 0.15) is 6.33 Å². The Hall–Kier alpha value is -0.170. The van der Waals surface area contributed by atoms with Crippen molar-refractivity contribution >= 4 is 22.6 Å². The first-order valence-corrected chi connectivity index (χ1v) is 5.03. The van der Waals surface area contributed by atoms with E-state index >= 15 is 0 Å². The largest absolute Gasteiger partial charge is 0.380 e. The van der Waals surface area contributed by atoms with Gasteiger partial charge in [0.2, 0.25) is 3.83 Å². The van der Waals surface area contributed by atoms with E-state index in [0.717, 1.165) is 23.4 Å². The zero-order valence-electron chi connectivity index (χ0n) is 7.03. The highest BCUT2D eigenvalue weighted by Gasteiger charge is 1.94. The third-order valence-electron chi connectivity index (χ3n) is 1.32. The molecule has 0 radical (unpaired) electrons. The second-order valence-electron chi connectivity index (χ2n) is 2.39. The molecule has 0 aliphatic carbocycles. The second kappa shape index (κ2) is 5.47. The van der Waals surface area contributed by atoms with Crippen LogP contribution in [-0.2, 0) is 11.3 Å². The van der Waals surface area contributed by atoms with Crippen LogP contribution >= 0.6 is 22.6 Å². The van der Waals surface area contributed by atoms with E-state index in [1.165, 1.54) is 0 Å². The third kappa shape index (κ3) is 3.48. The minimum atomic E-state index is 0.716. The van der Waals surface area contributed by atoms with E-state index in [1.54, 1.807) is 11.0 Å². The molecule has 0 saturated carbocycles. The van der Waals surface area contributed by atoms with Gasteiger partial charge in [-0.15, -0.1) is 5.10 Å². The van der Waals surface area contributed by atoms with E-state index in [1.807, 2.05) is 0 Å². The van der Waals surface area contributed by atoms with E-state index in [0.29, 0.717) is 6.61 Å². The van der Waals surface area contributed by atoms with Crippen molar-refractivity contribution in [2.24, 2.45) is 0 Å². The smallest absolute Gasteiger partial charge is 0.211 e. The Morgan fingerprint density at radius 2 is 2.42 bits per heavy atom. The molecule has 1 aromatic rings. The molecule has 0 spiro atoms. The van der Waals surface area contributed by atoms with Gasteiger partial charge in [-0.2, -0.15) is 0 Å². The van der Waals surface area contributed by atoms with Crippen molar-refractivity contribution in [1.82, 2.24) is 14.8 Å². The summed E-state index contributed by atoms with van der Waals surface area (Å²) in [4.78, 5) is 4.00. The summed E-state index contributed by atoms with van der Waals surface area (Å²) in [5.74, 6) is 0.